The molecule has 0 aliphatic rings. The lowest BCUT2D eigenvalue weighted by Gasteiger charge is -2.17. The molecule has 0 saturated carbocycles. The Kier molecular flexibility index (Phi) is 6.47. The van der Waals surface area contributed by atoms with Crippen LogP contribution in [0, 0.1) is 6.92 Å². The first-order valence-electron chi connectivity index (χ1n) is 11.4. The molecule has 182 valence electrons. The van der Waals surface area contributed by atoms with Gasteiger partial charge in [0, 0.05) is 19.7 Å². The van der Waals surface area contributed by atoms with Crippen LogP contribution in [0.3, 0.4) is 0 Å². The van der Waals surface area contributed by atoms with Crippen molar-refractivity contribution < 1.29 is 9.53 Å². The van der Waals surface area contributed by atoms with Crippen LogP contribution in [0.15, 0.2) is 82.7 Å². The number of para-hydroxylation sites is 1. The molecule has 5 aromatic rings. The minimum Gasteiger partial charge on any atom is -0.497 e. The van der Waals surface area contributed by atoms with E-state index in [0.29, 0.717) is 39.8 Å². The Morgan fingerprint density at radius 3 is 2.58 bits per heavy atom. The van der Waals surface area contributed by atoms with Crippen LogP contribution in [0.5, 0.6) is 5.75 Å². The van der Waals surface area contributed by atoms with Crippen molar-refractivity contribution in [1.82, 2.24) is 24.1 Å². The fraction of sp³-hybridized carbons (Fsp3) is 0.185. The van der Waals surface area contributed by atoms with Gasteiger partial charge in [-0.2, -0.15) is 0 Å². The van der Waals surface area contributed by atoms with Gasteiger partial charge in [-0.05, 0) is 36.8 Å². The Morgan fingerprint density at radius 1 is 1.03 bits per heavy atom. The number of carbonyl (C=O) groups is 1. The fourth-order valence-electron chi connectivity index (χ4n) is 4.05. The minimum absolute atomic E-state index is 0.0252. The lowest BCUT2D eigenvalue weighted by molar-refractivity contribution is -0.127. The van der Waals surface area contributed by atoms with Crippen molar-refractivity contribution in [2.45, 2.75) is 18.6 Å². The Hall–Kier alpha value is -4.11. The van der Waals surface area contributed by atoms with Crippen LogP contribution in [-0.2, 0) is 11.3 Å². The molecule has 3 aromatic carbocycles. The van der Waals surface area contributed by atoms with Gasteiger partial charge in [-0.3, -0.25) is 14.0 Å². The van der Waals surface area contributed by atoms with Crippen molar-refractivity contribution in [1.29, 1.82) is 0 Å². The van der Waals surface area contributed by atoms with E-state index in [2.05, 4.69) is 10.2 Å². The summed E-state index contributed by atoms with van der Waals surface area (Å²) >= 11 is 1.30. The molecule has 2 heterocycles. The molecule has 0 fully saturated rings. The van der Waals surface area contributed by atoms with E-state index in [1.54, 1.807) is 31.2 Å². The second kappa shape index (κ2) is 9.87. The zero-order valence-corrected chi connectivity index (χ0v) is 21.0. The Morgan fingerprint density at radius 2 is 1.81 bits per heavy atom. The number of benzene rings is 3. The van der Waals surface area contributed by atoms with Crippen LogP contribution in [-0.4, -0.2) is 49.9 Å². The number of thioether (sulfide) groups is 1. The second-order valence-electron chi connectivity index (χ2n) is 8.50. The monoisotopic (exact) mass is 499 g/mol. The number of hydrogen-bond acceptors (Lipinski definition) is 6. The third kappa shape index (κ3) is 4.45. The fourth-order valence-corrected chi connectivity index (χ4v) is 4.93. The van der Waals surface area contributed by atoms with Crippen molar-refractivity contribution in [3.8, 4) is 11.4 Å². The zero-order valence-electron chi connectivity index (χ0n) is 20.2. The van der Waals surface area contributed by atoms with E-state index < -0.39 is 0 Å². The van der Waals surface area contributed by atoms with E-state index >= 15 is 0 Å². The predicted molar refractivity (Wildman–Crippen MR) is 141 cm³/mol. The summed E-state index contributed by atoms with van der Waals surface area (Å²) in [6.45, 7) is 2.56. The summed E-state index contributed by atoms with van der Waals surface area (Å²) in [5.41, 5.74) is 3.35. The maximum Gasteiger partial charge on any atom is 0.267 e. The van der Waals surface area contributed by atoms with Gasteiger partial charge < -0.3 is 9.64 Å². The number of aryl methyl sites for hydroxylation is 1. The lowest BCUT2D eigenvalue weighted by Crippen LogP contribution is -2.27. The van der Waals surface area contributed by atoms with Crippen LogP contribution < -0.4 is 10.3 Å². The maximum absolute atomic E-state index is 13.5. The largest absolute Gasteiger partial charge is 0.497 e. The summed E-state index contributed by atoms with van der Waals surface area (Å²) in [7, 11) is 3.37. The molecule has 0 unspecified atom stereocenters. The summed E-state index contributed by atoms with van der Waals surface area (Å²) in [5.74, 6) is 1.16. The van der Waals surface area contributed by atoms with E-state index in [-0.39, 0.29) is 17.2 Å². The number of fused-ring (bicyclic) bond motifs is 3. The molecule has 36 heavy (non-hydrogen) atoms. The Balaban J connectivity index is 1.50. The highest BCUT2D eigenvalue weighted by molar-refractivity contribution is 7.99. The molecule has 9 heteroatoms. The number of aromatic nitrogens is 4. The molecule has 2 aromatic heterocycles. The van der Waals surface area contributed by atoms with Gasteiger partial charge in [-0.25, -0.2) is 4.57 Å². The number of amides is 1. The number of carbonyl (C=O) groups excluding carboxylic acids is 1. The minimum atomic E-state index is -0.204. The quantitative estimate of drug-likeness (QED) is 0.314. The van der Waals surface area contributed by atoms with E-state index in [0.717, 1.165) is 5.56 Å². The number of hydrogen-bond donors (Lipinski definition) is 0. The van der Waals surface area contributed by atoms with Crippen molar-refractivity contribution in [2.75, 3.05) is 19.9 Å². The second-order valence-corrected chi connectivity index (χ2v) is 9.44. The number of methoxy groups -OCH3 is 1. The summed E-state index contributed by atoms with van der Waals surface area (Å²) in [6.07, 6.45) is 0. The van der Waals surface area contributed by atoms with Gasteiger partial charge in [0.1, 0.15) is 5.75 Å². The van der Waals surface area contributed by atoms with Gasteiger partial charge in [0.25, 0.3) is 5.56 Å². The van der Waals surface area contributed by atoms with Crippen molar-refractivity contribution in [3.05, 3.63) is 94.3 Å². The van der Waals surface area contributed by atoms with E-state index in [1.165, 1.54) is 21.9 Å². The lowest BCUT2D eigenvalue weighted by atomic mass is 10.1. The normalized spacial score (nSPS) is 11.2. The number of rotatable bonds is 7. The van der Waals surface area contributed by atoms with Gasteiger partial charge in [-0.15, -0.1) is 10.2 Å². The summed E-state index contributed by atoms with van der Waals surface area (Å²) in [5, 5.41) is 9.77. The van der Waals surface area contributed by atoms with Gasteiger partial charge >= 0.3 is 0 Å². The molecule has 0 aliphatic carbocycles. The summed E-state index contributed by atoms with van der Waals surface area (Å²) < 4.78 is 8.70. The van der Waals surface area contributed by atoms with Gasteiger partial charge in [0.05, 0.1) is 29.5 Å². The first kappa shape index (κ1) is 23.6. The van der Waals surface area contributed by atoms with Gasteiger partial charge in [-0.1, -0.05) is 59.8 Å². The SMILES string of the molecule is COc1cccc(-n2c(=O)c3ccccc3n3c(SCC(=O)N(C)Cc4ccc(C)cc4)nnc23)c1. The molecule has 0 aliphatic heterocycles. The molecule has 0 spiro atoms. The van der Waals surface area contributed by atoms with Crippen molar-refractivity contribution >= 4 is 34.3 Å². The summed E-state index contributed by atoms with van der Waals surface area (Å²) in [4.78, 5) is 28.1. The predicted octanol–water partition coefficient (Wildman–Crippen LogP) is 4.10. The standard InChI is InChI=1S/C27H25N5O3S/c1-18-11-13-19(14-12-18)16-30(2)24(33)17-36-27-29-28-26-31(20-7-6-8-21(15-20)35-3)25(34)22-9-4-5-10-23(22)32(26)27/h4-15H,16-17H2,1-3H3. The van der Waals surface area contributed by atoms with E-state index in [9.17, 15) is 9.59 Å². The maximum atomic E-state index is 13.5. The average Bonchev–Trinajstić information content (AvgIpc) is 3.32. The third-order valence-electron chi connectivity index (χ3n) is 6.00. The highest BCUT2D eigenvalue weighted by Gasteiger charge is 2.19. The van der Waals surface area contributed by atoms with Crippen LogP contribution in [0.4, 0.5) is 0 Å². The van der Waals surface area contributed by atoms with Gasteiger partial charge in [0.15, 0.2) is 5.16 Å². The Bertz CT molecular complexity index is 1620. The highest BCUT2D eigenvalue weighted by atomic mass is 32.2. The molecule has 0 bridgehead atoms. The van der Waals surface area contributed by atoms with Gasteiger partial charge in [0.2, 0.25) is 11.7 Å². The molecule has 0 N–H and O–H groups in total. The number of nitrogens with zero attached hydrogens (tertiary/aromatic N) is 5. The van der Waals surface area contributed by atoms with E-state index in [4.69, 9.17) is 4.74 Å². The van der Waals surface area contributed by atoms with Crippen LogP contribution >= 0.6 is 11.8 Å². The van der Waals surface area contributed by atoms with Crippen LogP contribution in [0.2, 0.25) is 0 Å². The smallest absolute Gasteiger partial charge is 0.267 e. The summed E-state index contributed by atoms with van der Waals surface area (Å²) in [6, 6.07) is 22.7. The van der Waals surface area contributed by atoms with Crippen LogP contribution in [0.25, 0.3) is 22.4 Å². The van der Waals surface area contributed by atoms with Crippen molar-refractivity contribution in [3.63, 3.8) is 0 Å². The third-order valence-corrected chi connectivity index (χ3v) is 6.91. The van der Waals surface area contributed by atoms with E-state index in [1.807, 2.05) is 72.0 Å². The molecule has 0 radical (unpaired) electrons. The number of ether oxygens (including phenoxy) is 1. The molecule has 1 amide bonds. The molecular weight excluding hydrogens is 474 g/mol. The highest BCUT2D eigenvalue weighted by Crippen LogP contribution is 2.24. The Labute approximate surface area is 212 Å². The molecular formula is C27H25N5O3S. The first-order valence-corrected chi connectivity index (χ1v) is 12.4. The van der Waals surface area contributed by atoms with Crippen molar-refractivity contribution in [2.24, 2.45) is 0 Å². The van der Waals surface area contributed by atoms with Crippen LogP contribution in [0.1, 0.15) is 11.1 Å². The molecule has 0 atom stereocenters. The average molecular weight is 500 g/mol. The molecule has 5 rings (SSSR count). The topological polar surface area (TPSA) is 81.7 Å². The zero-order chi connectivity index (χ0) is 25.2. The first-order chi connectivity index (χ1) is 17.5. The molecule has 0 saturated heterocycles. The molecule has 8 nitrogen and oxygen atoms in total.